The second kappa shape index (κ2) is 5.95. The van der Waals surface area contributed by atoms with Crippen molar-refractivity contribution in [2.75, 3.05) is 25.9 Å². The fraction of sp³-hybridized carbons (Fsp3) is 0.500. The Hall–Kier alpha value is -1.73. The third-order valence-corrected chi connectivity index (χ3v) is 4.81. The van der Waals surface area contributed by atoms with Crippen molar-refractivity contribution >= 4 is 33.1 Å². The summed E-state index contributed by atoms with van der Waals surface area (Å²) in [6.07, 6.45) is 4.98. The number of fused-ring (bicyclic) bond motifs is 1. The van der Waals surface area contributed by atoms with E-state index in [4.69, 9.17) is 10.5 Å². The maximum absolute atomic E-state index is 12.6. The number of ether oxygens (including phenoxy) is 1. The fourth-order valence-corrected chi connectivity index (χ4v) is 3.58. The van der Waals surface area contributed by atoms with Crippen LogP contribution in [0.1, 0.15) is 28.9 Å². The Morgan fingerprint density at radius 1 is 1.57 bits per heavy atom. The average Bonchev–Trinajstić information content (AvgIpc) is 2.85. The number of likely N-dealkylation sites (N-methyl/N-ethyl adjacent to an activating group) is 1. The Kier molecular flexibility index (Phi) is 4.03. The van der Waals surface area contributed by atoms with Crippen LogP contribution in [0.5, 0.6) is 0 Å². The Balaban J connectivity index is 1.77. The van der Waals surface area contributed by atoms with Gasteiger partial charge in [0.1, 0.15) is 9.71 Å². The molecule has 1 fully saturated rings. The number of hydrogen-bond acceptors (Lipinski definition) is 6. The van der Waals surface area contributed by atoms with Gasteiger partial charge in [-0.25, -0.2) is 0 Å². The first-order valence-corrected chi connectivity index (χ1v) is 7.85. The molecule has 1 aliphatic rings. The highest BCUT2D eigenvalue weighted by molar-refractivity contribution is 7.21. The predicted molar refractivity (Wildman–Crippen MR) is 82.4 cm³/mol. The topological polar surface area (TPSA) is 81.3 Å². The van der Waals surface area contributed by atoms with Crippen LogP contribution in [0.15, 0.2) is 12.3 Å². The zero-order valence-electron chi connectivity index (χ0n) is 11.9. The molecule has 1 atom stereocenters. The summed E-state index contributed by atoms with van der Waals surface area (Å²) in [4.78, 5) is 15.5. The van der Waals surface area contributed by atoms with Gasteiger partial charge in [-0.2, -0.15) is 5.10 Å². The quantitative estimate of drug-likeness (QED) is 0.937. The summed E-state index contributed by atoms with van der Waals surface area (Å²) in [5.74, 6) is -0.0790. The lowest BCUT2D eigenvalue weighted by Gasteiger charge is -2.27. The summed E-state index contributed by atoms with van der Waals surface area (Å²) in [6.45, 7) is 1.38. The summed E-state index contributed by atoms with van der Waals surface area (Å²) in [7, 11) is 1.79. The summed E-state index contributed by atoms with van der Waals surface area (Å²) >= 11 is 1.29. The highest BCUT2D eigenvalue weighted by Crippen LogP contribution is 2.32. The number of carbonyl (C=O) groups is 1. The van der Waals surface area contributed by atoms with Crippen molar-refractivity contribution in [3.05, 3.63) is 17.1 Å². The van der Waals surface area contributed by atoms with Crippen molar-refractivity contribution in [3.8, 4) is 0 Å². The molecular weight excluding hydrogens is 288 g/mol. The highest BCUT2D eigenvalue weighted by atomic mass is 32.1. The Labute approximate surface area is 126 Å². The summed E-state index contributed by atoms with van der Waals surface area (Å²) < 4.78 is 5.68. The van der Waals surface area contributed by atoms with Crippen LogP contribution in [0.2, 0.25) is 0 Å². The minimum Gasteiger partial charge on any atom is -0.397 e. The number of hydrogen-bond donors (Lipinski definition) is 1. The standard InChI is InChI=1S/C14H18N4O2S/c1-18(8-9-4-2-3-7-20-9)14(19)12-11(15)10-5-6-16-17-13(10)21-12/h5-6,9H,2-4,7-8,15H2,1H3. The first kappa shape index (κ1) is 14.2. The van der Waals surface area contributed by atoms with Crippen LogP contribution < -0.4 is 5.73 Å². The molecule has 1 aliphatic heterocycles. The van der Waals surface area contributed by atoms with Gasteiger partial charge in [-0.15, -0.1) is 16.4 Å². The monoisotopic (exact) mass is 306 g/mol. The van der Waals surface area contributed by atoms with Gasteiger partial charge < -0.3 is 15.4 Å². The molecule has 2 N–H and O–H groups in total. The van der Waals surface area contributed by atoms with E-state index in [1.165, 1.54) is 11.3 Å². The van der Waals surface area contributed by atoms with E-state index < -0.39 is 0 Å². The smallest absolute Gasteiger partial charge is 0.265 e. The van der Waals surface area contributed by atoms with Gasteiger partial charge >= 0.3 is 0 Å². The van der Waals surface area contributed by atoms with Gasteiger partial charge in [0.25, 0.3) is 5.91 Å². The van der Waals surface area contributed by atoms with Gasteiger partial charge in [0, 0.05) is 25.6 Å². The minimum atomic E-state index is -0.0790. The van der Waals surface area contributed by atoms with Crippen LogP contribution in [0, 0.1) is 0 Å². The van der Waals surface area contributed by atoms with Crippen molar-refractivity contribution in [1.29, 1.82) is 0 Å². The summed E-state index contributed by atoms with van der Waals surface area (Å²) in [5.41, 5.74) is 6.57. The zero-order chi connectivity index (χ0) is 14.8. The van der Waals surface area contributed by atoms with Gasteiger partial charge in [0.15, 0.2) is 0 Å². The molecule has 7 heteroatoms. The SMILES string of the molecule is CN(CC1CCCCO1)C(=O)c1sc2nnccc2c1N. The van der Waals surface area contributed by atoms with Gasteiger partial charge in [0.05, 0.1) is 18.0 Å². The Morgan fingerprint density at radius 2 is 2.43 bits per heavy atom. The molecule has 112 valence electrons. The van der Waals surface area contributed by atoms with Crippen LogP contribution in [0.4, 0.5) is 5.69 Å². The lowest BCUT2D eigenvalue weighted by atomic mass is 10.1. The number of thiophene rings is 1. The van der Waals surface area contributed by atoms with Crippen LogP contribution in [0.3, 0.4) is 0 Å². The zero-order valence-corrected chi connectivity index (χ0v) is 12.7. The van der Waals surface area contributed by atoms with Gasteiger partial charge in [-0.1, -0.05) is 0 Å². The van der Waals surface area contributed by atoms with Crippen molar-refractivity contribution in [2.45, 2.75) is 25.4 Å². The largest absolute Gasteiger partial charge is 0.397 e. The van der Waals surface area contributed by atoms with Gasteiger partial charge in [-0.05, 0) is 25.3 Å². The molecule has 0 aromatic carbocycles. The van der Waals surface area contributed by atoms with Gasteiger partial charge in [-0.3, -0.25) is 4.79 Å². The fourth-order valence-electron chi connectivity index (χ4n) is 2.55. The van der Waals surface area contributed by atoms with E-state index in [1.54, 1.807) is 24.2 Å². The molecule has 0 spiro atoms. The number of anilines is 1. The van der Waals surface area contributed by atoms with Crippen molar-refractivity contribution in [3.63, 3.8) is 0 Å². The summed E-state index contributed by atoms with van der Waals surface area (Å²) in [5, 5.41) is 8.63. The van der Waals surface area contributed by atoms with Crippen LogP contribution in [-0.4, -0.2) is 47.3 Å². The van der Waals surface area contributed by atoms with Crippen molar-refractivity contribution < 1.29 is 9.53 Å². The molecule has 2 aromatic heterocycles. The predicted octanol–water partition coefficient (Wildman–Crippen LogP) is 1.91. The number of amides is 1. The first-order chi connectivity index (χ1) is 10.2. The van der Waals surface area contributed by atoms with Crippen molar-refractivity contribution in [1.82, 2.24) is 15.1 Å². The lowest BCUT2D eigenvalue weighted by Crippen LogP contribution is -2.37. The van der Waals surface area contributed by atoms with Crippen LogP contribution in [-0.2, 0) is 4.74 Å². The van der Waals surface area contributed by atoms with E-state index in [0.29, 0.717) is 21.9 Å². The molecule has 1 amide bonds. The average molecular weight is 306 g/mol. The molecule has 1 unspecified atom stereocenters. The molecule has 2 aromatic rings. The third kappa shape index (κ3) is 2.84. The van der Waals surface area contributed by atoms with Gasteiger partial charge in [0.2, 0.25) is 0 Å². The van der Waals surface area contributed by atoms with E-state index in [-0.39, 0.29) is 12.0 Å². The molecule has 0 aliphatic carbocycles. The van der Waals surface area contributed by atoms with Crippen LogP contribution in [0.25, 0.3) is 10.2 Å². The molecular formula is C14H18N4O2S. The number of aromatic nitrogens is 2. The van der Waals surface area contributed by atoms with E-state index in [0.717, 1.165) is 31.3 Å². The number of rotatable bonds is 3. The van der Waals surface area contributed by atoms with E-state index in [9.17, 15) is 4.79 Å². The molecule has 0 saturated carbocycles. The molecule has 21 heavy (non-hydrogen) atoms. The third-order valence-electron chi connectivity index (χ3n) is 3.71. The minimum absolute atomic E-state index is 0.0790. The molecule has 3 heterocycles. The van der Waals surface area contributed by atoms with Crippen molar-refractivity contribution in [2.24, 2.45) is 0 Å². The maximum atomic E-state index is 12.6. The lowest BCUT2D eigenvalue weighted by molar-refractivity contribution is -0.0000829. The molecule has 1 saturated heterocycles. The van der Waals surface area contributed by atoms with Crippen LogP contribution >= 0.6 is 11.3 Å². The Morgan fingerprint density at radius 3 is 3.14 bits per heavy atom. The molecule has 6 nitrogen and oxygen atoms in total. The molecule has 0 radical (unpaired) electrons. The molecule has 0 bridgehead atoms. The number of nitrogen functional groups attached to an aromatic ring is 1. The van der Waals surface area contributed by atoms with E-state index in [1.807, 2.05) is 0 Å². The van der Waals surface area contributed by atoms with E-state index >= 15 is 0 Å². The first-order valence-electron chi connectivity index (χ1n) is 7.03. The highest BCUT2D eigenvalue weighted by Gasteiger charge is 2.23. The number of carbonyl (C=O) groups excluding carboxylic acids is 1. The number of nitrogens with zero attached hydrogens (tertiary/aromatic N) is 3. The molecule has 3 rings (SSSR count). The Bertz CT molecular complexity index is 651. The maximum Gasteiger partial charge on any atom is 0.265 e. The summed E-state index contributed by atoms with van der Waals surface area (Å²) in [6, 6.07) is 1.79. The second-order valence-corrected chi connectivity index (χ2v) is 6.27. The van der Waals surface area contributed by atoms with E-state index in [2.05, 4.69) is 10.2 Å². The number of nitrogens with two attached hydrogens (primary N) is 1. The second-order valence-electron chi connectivity index (χ2n) is 5.27. The normalized spacial score (nSPS) is 18.8.